The Morgan fingerprint density at radius 1 is 1.03 bits per heavy atom. The monoisotopic (exact) mass is 458 g/mol. The molecule has 178 valence electrons. The topological polar surface area (TPSA) is 73.9 Å². The summed E-state index contributed by atoms with van der Waals surface area (Å²) in [6.45, 7) is 8.52. The van der Waals surface area contributed by atoms with Crippen molar-refractivity contribution >= 4 is 5.65 Å². The van der Waals surface area contributed by atoms with Crippen LogP contribution in [0.4, 0.5) is 0 Å². The summed E-state index contributed by atoms with van der Waals surface area (Å²) in [6.07, 6.45) is 6.91. The molecule has 0 saturated carbocycles. The molecule has 6 heteroatoms. The van der Waals surface area contributed by atoms with E-state index in [-0.39, 0.29) is 6.10 Å². The van der Waals surface area contributed by atoms with Crippen LogP contribution in [0.3, 0.4) is 0 Å². The average molecular weight is 459 g/mol. The average Bonchev–Trinajstić information content (AvgIpc) is 3.50. The fourth-order valence-electron chi connectivity index (χ4n) is 4.36. The number of benzene rings is 2. The molecule has 0 bridgehead atoms. The Bertz CT molecular complexity index is 1220. The van der Waals surface area contributed by atoms with Gasteiger partial charge in [0, 0.05) is 43.2 Å². The molecule has 34 heavy (non-hydrogen) atoms. The van der Waals surface area contributed by atoms with E-state index in [1.54, 1.807) is 6.92 Å². The van der Waals surface area contributed by atoms with Crippen molar-refractivity contribution in [3.63, 3.8) is 0 Å². The van der Waals surface area contributed by atoms with Crippen LogP contribution in [0.25, 0.3) is 27.9 Å². The Kier molecular flexibility index (Phi) is 7.73. The highest BCUT2D eigenvalue weighted by Crippen LogP contribution is 2.28. The van der Waals surface area contributed by atoms with Crippen molar-refractivity contribution in [2.75, 3.05) is 19.6 Å². The summed E-state index contributed by atoms with van der Waals surface area (Å²) in [5.74, 6) is 0. The maximum Gasteiger partial charge on any atom is 0.162 e. The van der Waals surface area contributed by atoms with Crippen LogP contribution in [0.1, 0.15) is 44.4 Å². The third-order valence-corrected chi connectivity index (χ3v) is 6.29. The molecule has 2 unspecified atom stereocenters. The van der Waals surface area contributed by atoms with Crippen LogP contribution < -0.4 is 0 Å². The van der Waals surface area contributed by atoms with Gasteiger partial charge in [-0.25, -0.2) is 9.50 Å². The van der Waals surface area contributed by atoms with E-state index in [2.05, 4.69) is 34.3 Å². The van der Waals surface area contributed by atoms with Gasteiger partial charge in [0.1, 0.15) is 0 Å². The summed E-state index contributed by atoms with van der Waals surface area (Å²) in [4.78, 5) is 7.02. The van der Waals surface area contributed by atoms with E-state index in [1.807, 2.05) is 61.2 Å². The quantitative estimate of drug-likeness (QED) is 0.436. The molecule has 0 radical (unpaired) electrons. The van der Waals surface area contributed by atoms with Gasteiger partial charge >= 0.3 is 0 Å². The fraction of sp³-hybridized carbons (Fsp3) is 0.357. The van der Waals surface area contributed by atoms with Crippen molar-refractivity contribution in [1.82, 2.24) is 19.5 Å². The largest absolute Gasteiger partial charge is 0.392 e. The predicted molar refractivity (Wildman–Crippen MR) is 137 cm³/mol. The third-order valence-electron chi connectivity index (χ3n) is 6.29. The van der Waals surface area contributed by atoms with Crippen LogP contribution in [0.2, 0.25) is 0 Å². The van der Waals surface area contributed by atoms with E-state index in [4.69, 9.17) is 4.98 Å². The van der Waals surface area contributed by atoms with E-state index in [9.17, 15) is 10.2 Å². The lowest BCUT2D eigenvalue weighted by atomic mass is 10.0. The van der Waals surface area contributed by atoms with Gasteiger partial charge < -0.3 is 15.1 Å². The summed E-state index contributed by atoms with van der Waals surface area (Å²) in [5, 5.41) is 24.1. The number of aromatic nitrogens is 3. The molecule has 0 spiro atoms. The van der Waals surface area contributed by atoms with Crippen LogP contribution in [0.15, 0.2) is 67.1 Å². The van der Waals surface area contributed by atoms with Crippen LogP contribution in [-0.4, -0.2) is 55.4 Å². The lowest BCUT2D eigenvalue weighted by molar-refractivity contribution is 0.177. The second-order valence-electron chi connectivity index (χ2n) is 8.66. The number of hydrogen-bond donors (Lipinski definition) is 2. The molecule has 0 amide bonds. The molecule has 0 aliphatic carbocycles. The van der Waals surface area contributed by atoms with Gasteiger partial charge in [0.2, 0.25) is 0 Å². The molecule has 2 N–H and O–H groups in total. The van der Waals surface area contributed by atoms with Crippen molar-refractivity contribution < 1.29 is 10.2 Å². The maximum absolute atomic E-state index is 9.89. The molecular formula is C28H34N4O2. The summed E-state index contributed by atoms with van der Waals surface area (Å²) in [7, 11) is 0. The Labute approximate surface area is 201 Å². The lowest BCUT2D eigenvalue weighted by Crippen LogP contribution is -2.24. The highest BCUT2D eigenvalue weighted by Gasteiger charge is 2.19. The molecular weight excluding hydrogens is 424 g/mol. The van der Waals surface area contributed by atoms with Crippen molar-refractivity contribution in [1.29, 1.82) is 0 Å². The van der Waals surface area contributed by atoms with Gasteiger partial charge in [0.05, 0.1) is 18.4 Å². The molecule has 2 atom stereocenters. The maximum atomic E-state index is 9.89. The Hall–Kier alpha value is -3.06. The van der Waals surface area contributed by atoms with E-state index in [0.717, 1.165) is 65.9 Å². The molecule has 1 aliphatic heterocycles. The molecule has 1 fully saturated rings. The van der Waals surface area contributed by atoms with E-state index in [1.165, 1.54) is 5.56 Å². The number of aliphatic hydroxyl groups is 2. The van der Waals surface area contributed by atoms with E-state index < -0.39 is 6.10 Å². The van der Waals surface area contributed by atoms with E-state index >= 15 is 0 Å². The van der Waals surface area contributed by atoms with Crippen molar-refractivity contribution in [2.24, 2.45) is 0 Å². The fourth-order valence-corrected chi connectivity index (χ4v) is 4.36. The standard InChI is InChI=1S/C26H28N4O2.C2H6/c1-18(31)21-3-2-4-22(13-21)25-15-28-30-16-23(14-27-26(25)30)20-7-5-19(6-8-20)9-11-29-12-10-24(32)17-29;1-2/h2-8,13-16,18,24,31-32H,9-12,17H2,1H3;1-2H3. The zero-order valence-corrected chi connectivity index (χ0v) is 20.2. The minimum Gasteiger partial charge on any atom is -0.392 e. The van der Waals surface area contributed by atoms with Crippen molar-refractivity contribution in [3.05, 3.63) is 78.2 Å². The second-order valence-corrected chi connectivity index (χ2v) is 8.66. The second kappa shape index (κ2) is 10.9. The van der Waals surface area contributed by atoms with Crippen LogP contribution in [-0.2, 0) is 6.42 Å². The van der Waals surface area contributed by atoms with E-state index in [0.29, 0.717) is 0 Å². The van der Waals surface area contributed by atoms with Gasteiger partial charge in [-0.2, -0.15) is 5.10 Å². The minimum absolute atomic E-state index is 0.162. The smallest absolute Gasteiger partial charge is 0.162 e. The Balaban J connectivity index is 0.00000133. The van der Waals surface area contributed by atoms with Crippen LogP contribution >= 0.6 is 0 Å². The number of fused-ring (bicyclic) bond motifs is 1. The lowest BCUT2D eigenvalue weighted by Gasteiger charge is -2.14. The molecule has 2 aromatic heterocycles. The summed E-state index contributed by atoms with van der Waals surface area (Å²) >= 11 is 0. The predicted octanol–water partition coefficient (Wildman–Crippen LogP) is 4.75. The summed E-state index contributed by atoms with van der Waals surface area (Å²) in [6, 6.07) is 16.5. The third kappa shape index (κ3) is 5.36. The highest BCUT2D eigenvalue weighted by molar-refractivity contribution is 5.78. The Morgan fingerprint density at radius 2 is 1.82 bits per heavy atom. The van der Waals surface area contributed by atoms with Crippen LogP contribution in [0.5, 0.6) is 0 Å². The van der Waals surface area contributed by atoms with Gasteiger partial charge in [-0.1, -0.05) is 56.3 Å². The molecule has 1 saturated heterocycles. The minimum atomic E-state index is -0.513. The number of nitrogens with zero attached hydrogens (tertiary/aromatic N) is 4. The van der Waals surface area contributed by atoms with Gasteiger partial charge in [0.15, 0.2) is 5.65 Å². The SMILES string of the molecule is CC.CC(O)c1cccc(-c2cnn3cc(-c4ccc(CCN5CCC(O)C5)cc4)cnc23)c1. The van der Waals surface area contributed by atoms with Gasteiger partial charge in [0.25, 0.3) is 0 Å². The first kappa shape index (κ1) is 24.1. The number of β-amino-alcohol motifs (C(OH)–C–C–N with tert-alkyl or cyclic N) is 1. The van der Waals surface area contributed by atoms with Gasteiger partial charge in [-0.15, -0.1) is 0 Å². The summed E-state index contributed by atoms with van der Waals surface area (Å²) < 4.78 is 1.81. The molecule has 5 rings (SSSR count). The first-order chi connectivity index (χ1) is 16.6. The van der Waals surface area contributed by atoms with Crippen molar-refractivity contribution in [3.8, 4) is 22.3 Å². The summed E-state index contributed by atoms with van der Waals surface area (Å²) in [5.41, 5.74) is 7.02. The normalized spacial score (nSPS) is 16.9. The number of aliphatic hydroxyl groups excluding tert-OH is 2. The first-order valence-corrected chi connectivity index (χ1v) is 12.2. The van der Waals surface area contributed by atoms with Gasteiger partial charge in [-0.3, -0.25) is 0 Å². The van der Waals surface area contributed by atoms with Crippen LogP contribution in [0, 0.1) is 0 Å². The number of hydrogen-bond acceptors (Lipinski definition) is 5. The molecule has 6 nitrogen and oxygen atoms in total. The first-order valence-electron chi connectivity index (χ1n) is 12.2. The van der Waals surface area contributed by atoms with Crippen molar-refractivity contribution in [2.45, 2.75) is 45.8 Å². The zero-order valence-electron chi connectivity index (χ0n) is 20.2. The highest BCUT2D eigenvalue weighted by atomic mass is 16.3. The Morgan fingerprint density at radius 3 is 2.53 bits per heavy atom. The molecule has 1 aliphatic rings. The number of likely N-dealkylation sites (tertiary alicyclic amines) is 1. The van der Waals surface area contributed by atoms with Gasteiger partial charge in [-0.05, 0) is 48.1 Å². The molecule has 3 heterocycles. The zero-order chi connectivity index (χ0) is 24.1. The molecule has 4 aromatic rings. The number of rotatable bonds is 6. The molecule has 2 aromatic carbocycles.